The molecular weight excluding hydrogens is 414 g/mol. The van der Waals surface area contributed by atoms with Crippen molar-refractivity contribution in [3.05, 3.63) is 47.6 Å². The first kappa shape index (κ1) is 19.8. The number of benzene rings is 1. The fourth-order valence-electron chi connectivity index (χ4n) is 3.85. The van der Waals surface area contributed by atoms with Gasteiger partial charge >= 0.3 is 0 Å². The number of aryl methyl sites for hydroxylation is 2. The highest BCUT2D eigenvalue weighted by molar-refractivity contribution is 6.30. The van der Waals surface area contributed by atoms with Crippen molar-refractivity contribution >= 4 is 40.0 Å². The number of hydrogen-bond donors (Lipinski definition) is 2. The first-order chi connectivity index (χ1) is 15.0. The number of fused-ring (bicyclic) bond motifs is 1. The SMILES string of the molecule is C[C@@H]1COC[C@H]1Nc1cc(Nc2cc(-c3cccc(Cl)c3)nn2C)nc2c1cnn2C. The molecule has 1 saturated heterocycles. The van der Waals surface area contributed by atoms with E-state index in [1.807, 2.05) is 56.7 Å². The van der Waals surface area contributed by atoms with Gasteiger partial charge in [0.1, 0.15) is 11.6 Å². The van der Waals surface area contributed by atoms with Crippen LogP contribution in [0.15, 0.2) is 42.6 Å². The van der Waals surface area contributed by atoms with Gasteiger partial charge in [0.25, 0.3) is 0 Å². The third-order valence-corrected chi connectivity index (χ3v) is 5.90. The minimum Gasteiger partial charge on any atom is -0.379 e. The number of rotatable bonds is 5. The summed E-state index contributed by atoms with van der Waals surface area (Å²) in [6, 6.07) is 11.9. The number of ether oxygens (including phenoxy) is 1. The molecule has 0 radical (unpaired) electrons. The van der Waals surface area contributed by atoms with Gasteiger partial charge < -0.3 is 15.4 Å². The van der Waals surface area contributed by atoms with Gasteiger partial charge in [0.05, 0.1) is 42.2 Å². The van der Waals surface area contributed by atoms with Crippen molar-refractivity contribution in [1.82, 2.24) is 24.5 Å². The summed E-state index contributed by atoms with van der Waals surface area (Å²) in [7, 11) is 3.79. The third-order valence-electron chi connectivity index (χ3n) is 5.67. The zero-order valence-corrected chi connectivity index (χ0v) is 18.4. The summed E-state index contributed by atoms with van der Waals surface area (Å²) >= 11 is 6.14. The molecule has 0 amide bonds. The van der Waals surface area contributed by atoms with Crippen molar-refractivity contribution in [2.45, 2.75) is 13.0 Å². The Morgan fingerprint density at radius 1 is 1.13 bits per heavy atom. The number of halogens is 1. The molecule has 31 heavy (non-hydrogen) atoms. The van der Waals surface area contributed by atoms with Crippen molar-refractivity contribution in [1.29, 1.82) is 0 Å². The number of nitrogens with one attached hydrogen (secondary N) is 2. The lowest BCUT2D eigenvalue weighted by Gasteiger charge is -2.18. The van der Waals surface area contributed by atoms with Crippen LogP contribution in [0, 0.1) is 5.92 Å². The standard InChI is InChI=1S/C22H24ClN7O/c1-13-11-31-12-19(13)25-18-8-20(27-22-16(18)10-24-30(22)3)26-21-9-17(28-29(21)2)14-5-4-6-15(23)7-14/h4-10,13,19H,11-12H2,1-3H3,(H2,25,26,27)/t13-,19-/m1/s1. The Hall–Kier alpha value is -3.10. The Bertz CT molecular complexity index is 1250. The van der Waals surface area contributed by atoms with Crippen LogP contribution >= 0.6 is 11.6 Å². The normalized spacial score (nSPS) is 18.6. The smallest absolute Gasteiger partial charge is 0.161 e. The van der Waals surface area contributed by atoms with Crippen LogP contribution in [0.4, 0.5) is 17.3 Å². The van der Waals surface area contributed by atoms with E-state index >= 15 is 0 Å². The van der Waals surface area contributed by atoms with Gasteiger partial charge in [0, 0.05) is 42.7 Å². The number of hydrogen-bond acceptors (Lipinski definition) is 6. The quantitative estimate of drug-likeness (QED) is 0.486. The summed E-state index contributed by atoms with van der Waals surface area (Å²) in [4.78, 5) is 4.78. The first-order valence-corrected chi connectivity index (χ1v) is 10.6. The van der Waals surface area contributed by atoms with Crippen molar-refractivity contribution in [2.75, 3.05) is 23.8 Å². The fourth-order valence-corrected chi connectivity index (χ4v) is 4.04. The van der Waals surface area contributed by atoms with Crippen LogP contribution < -0.4 is 10.6 Å². The second-order valence-electron chi connectivity index (χ2n) is 8.00. The largest absolute Gasteiger partial charge is 0.379 e. The van der Waals surface area contributed by atoms with Gasteiger partial charge in [-0.05, 0) is 12.1 Å². The lowest BCUT2D eigenvalue weighted by molar-refractivity contribution is 0.187. The molecule has 2 N–H and O–H groups in total. The molecule has 9 heteroatoms. The van der Waals surface area contributed by atoms with E-state index in [2.05, 4.69) is 27.8 Å². The van der Waals surface area contributed by atoms with E-state index in [-0.39, 0.29) is 6.04 Å². The second-order valence-corrected chi connectivity index (χ2v) is 8.44. The molecule has 0 aliphatic carbocycles. The lowest BCUT2D eigenvalue weighted by atomic mass is 10.1. The van der Waals surface area contributed by atoms with Crippen molar-refractivity contribution in [3.63, 3.8) is 0 Å². The van der Waals surface area contributed by atoms with Crippen LogP contribution in [-0.4, -0.2) is 43.8 Å². The number of anilines is 3. The molecule has 0 bridgehead atoms. The lowest BCUT2D eigenvalue weighted by Crippen LogP contribution is -2.26. The number of pyridine rings is 1. The van der Waals surface area contributed by atoms with E-state index < -0.39 is 0 Å². The minimum absolute atomic E-state index is 0.254. The Balaban J connectivity index is 1.49. The van der Waals surface area contributed by atoms with E-state index in [0.717, 1.165) is 40.4 Å². The highest BCUT2D eigenvalue weighted by Crippen LogP contribution is 2.30. The van der Waals surface area contributed by atoms with Crippen LogP contribution in [-0.2, 0) is 18.8 Å². The highest BCUT2D eigenvalue weighted by Gasteiger charge is 2.25. The zero-order chi connectivity index (χ0) is 21.5. The van der Waals surface area contributed by atoms with Gasteiger partial charge in [-0.25, -0.2) is 4.98 Å². The molecule has 1 fully saturated rings. The van der Waals surface area contributed by atoms with E-state index in [4.69, 9.17) is 21.3 Å². The van der Waals surface area contributed by atoms with Gasteiger partial charge in [0.2, 0.25) is 0 Å². The highest BCUT2D eigenvalue weighted by atomic mass is 35.5. The summed E-state index contributed by atoms with van der Waals surface area (Å²) in [6.45, 7) is 3.66. The molecule has 160 valence electrons. The zero-order valence-electron chi connectivity index (χ0n) is 17.6. The number of nitrogens with zero attached hydrogens (tertiary/aromatic N) is 5. The van der Waals surface area contributed by atoms with E-state index in [1.54, 1.807) is 9.36 Å². The first-order valence-electron chi connectivity index (χ1n) is 10.2. The topological polar surface area (TPSA) is 81.8 Å². The Morgan fingerprint density at radius 3 is 2.77 bits per heavy atom. The van der Waals surface area contributed by atoms with Crippen LogP contribution in [0.2, 0.25) is 5.02 Å². The number of aromatic nitrogens is 5. The predicted octanol–water partition coefficient (Wildman–Crippen LogP) is 4.21. The maximum absolute atomic E-state index is 6.14. The summed E-state index contributed by atoms with van der Waals surface area (Å²) < 4.78 is 9.19. The predicted molar refractivity (Wildman–Crippen MR) is 123 cm³/mol. The summed E-state index contributed by atoms with van der Waals surface area (Å²) in [5, 5.41) is 17.7. The molecule has 0 unspecified atom stereocenters. The molecule has 1 aromatic carbocycles. The molecule has 0 saturated carbocycles. The molecule has 2 atom stereocenters. The fraction of sp³-hybridized carbons (Fsp3) is 0.318. The van der Waals surface area contributed by atoms with Crippen molar-refractivity contribution in [3.8, 4) is 11.3 Å². The van der Waals surface area contributed by atoms with Gasteiger partial charge in [-0.1, -0.05) is 30.7 Å². The third kappa shape index (κ3) is 3.84. The Kier molecular flexibility index (Phi) is 5.03. The summed E-state index contributed by atoms with van der Waals surface area (Å²) in [6.07, 6.45) is 1.84. The maximum atomic E-state index is 6.14. The van der Waals surface area contributed by atoms with Crippen molar-refractivity contribution < 1.29 is 4.74 Å². The summed E-state index contributed by atoms with van der Waals surface area (Å²) in [5.41, 5.74) is 3.59. The molecule has 8 nitrogen and oxygen atoms in total. The molecule has 0 spiro atoms. The molecule has 3 aromatic heterocycles. The Morgan fingerprint density at radius 2 is 2.00 bits per heavy atom. The molecule has 1 aliphatic heterocycles. The van der Waals surface area contributed by atoms with Gasteiger partial charge in [0.15, 0.2) is 5.65 Å². The van der Waals surface area contributed by atoms with E-state index in [1.165, 1.54) is 0 Å². The van der Waals surface area contributed by atoms with Gasteiger partial charge in [-0.3, -0.25) is 9.36 Å². The van der Waals surface area contributed by atoms with Crippen LogP contribution in [0.3, 0.4) is 0 Å². The van der Waals surface area contributed by atoms with Crippen molar-refractivity contribution in [2.24, 2.45) is 20.0 Å². The Labute approximate surface area is 185 Å². The monoisotopic (exact) mass is 437 g/mol. The van der Waals surface area contributed by atoms with Crippen LogP contribution in [0.1, 0.15) is 6.92 Å². The van der Waals surface area contributed by atoms with Gasteiger partial charge in [-0.15, -0.1) is 0 Å². The molecule has 4 aromatic rings. The average molecular weight is 438 g/mol. The second kappa shape index (κ2) is 7.86. The average Bonchev–Trinajstić information content (AvgIpc) is 3.43. The molecule has 1 aliphatic rings. The van der Waals surface area contributed by atoms with Crippen LogP contribution in [0.5, 0.6) is 0 Å². The maximum Gasteiger partial charge on any atom is 0.161 e. The molecule has 5 rings (SSSR count). The molecule has 4 heterocycles. The van der Waals surface area contributed by atoms with E-state index in [0.29, 0.717) is 23.4 Å². The van der Waals surface area contributed by atoms with Crippen LogP contribution in [0.25, 0.3) is 22.3 Å². The summed E-state index contributed by atoms with van der Waals surface area (Å²) in [5.74, 6) is 1.98. The van der Waals surface area contributed by atoms with Gasteiger partial charge in [-0.2, -0.15) is 10.2 Å². The van der Waals surface area contributed by atoms with E-state index in [9.17, 15) is 0 Å². The molecular formula is C22H24ClN7O. The minimum atomic E-state index is 0.254.